The van der Waals surface area contributed by atoms with Gasteiger partial charge in [0.1, 0.15) is 5.75 Å². The quantitative estimate of drug-likeness (QED) is 0.803. The Bertz CT molecular complexity index is 811. The van der Waals surface area contributed by atoms with Crippen LogP contribution < -0.4 is 15.0 Å². The van der Waals surface area contributed by atoms with Crippen LogP contribution in [0.3, 0.4) is 0 Å². The highest BCUT2D eigenvalue weighted by atomic mass is 16.5. The molecule has 0 amide bonds. The van der Waals surface area contributed by atoms with Crippen LogP contribution in [0.1, 0.15) is 34.3 Å². The lowest BCUT2D eigenvalue weighted by molar-refractivity contribution is 0.0600. The van der Waals surface area contributed by atoms with Crippen molar-refractivity contribution in [3.8, 4) is 5.75 Å². The average molecular weight is 368 g/mol. The normalized spacial score (nSPS) is 14.7. The second-order valence-electron chi connectivity index (χ2n) is 7.05. The summed E-state index contributed by atoms with van der Waals surface area (Å²) in [5.41, 5.74) is 4.87. The first-order chi connectivity index (χ1) is 13.0. The number of hydrogen-bond acceptors (Lipinski definition) is 5. The molecule has 5 nitrogen and oxygen atoms in total. The van der Waals surface area contributed by atoms with Crippen LogP contribution in [0.15, 0.2) is 36.4 Å². The Hall–Kier alpha value is -2.69. The van der Waals surface area contributed by atoms with Gasteiger partial charge in [-0.1, -0.05) is 18.2 Å². The molecule has 27 heavy (non-hydrogen) atoms. The SMILES string of the molecule is COC(=O)c1cc(NC2CCN(c3ccccc3OC)CC2)c(C)cc1C. The molecule has 2 aromatic carbocycles. The summed E-state index contributed by atoms with van der Waals surface area (Å²) in [6, 6.07) is 12.5. The Morgan fingerprint density at radius 2 is 1.78 bits per heavy atom. The Morgan fingerprint density at radius 3 is 2.44 bits per heavy atom. The molecule has 0 bridgehead atoms. The first kappa shape index (κ1) is 19.1. The van der Waals surface area contributed by atoms with Crippen molar-refractivity contribution < 1.29 is 14.3 Å². The fourth-order valence-electron chi connectivity index (χ4n) is 3.71. The summed E-state index contributed by atoms with van der Waals surface area (Å²) in [5, 5.41) is 3.63. The molecule has 1 aliphatic heterocycles. The molecule has 1 heterocycles. The van der Waals surface area contributed by atoms with Crippen LogP contribution in [0.4, 0.5) is 11.4 Å². The van der Waals surface area contributed by atoms with Crippen LogP contribution in [0.5, 0.6) is 5.75 Å². The molecule has 1 saturated heterocycles. The van der Waals surface area contributed by atoms with Crippen molar-refractivity contribution in [2.45, 2.75) is 32.7 Å². The third-order valence-electron chi connectivity index (χ3n) is 5.26. The van der Waals surface area contributed by atoms with E-state index in [1.165, 1.54) is 7.11 Å². The van der Waals surface area contributed by atoms with Gasteiger partial charge in [0.15, 0.2) is 0 Å². The van der Waals surface area contributed by atoms with Gasteiger partial charge in [0.2, 0.25) is 0 Å². The molecule has 0 aromatic heterocycles. The summed E-state index contributed by atoms with van der Waals surface area (Å²) in [4.78, 5) is 14.4. The number of methoxy groups -OCH3 is 2. The van der Waals surface area contributed by atoms with Gasteiger partial charge in [-0.2, -0.15) is 0 Å². The Balaban J connectivity index is 1.68. The van der Waals surface area contributed by atoms with Crippen molar-refractivity contribution in [1.82, 2.24) is 0 Å². The zero-order chi connectivity index (χ0) is 19.4. The van der Waals surface area contributed by atoms with E-state index < -0.39 is 0 Å². The topological polar surface area (TPSA) is 50.8 Å². The smallest absolute Gasteiger partial charge is 0.338 e. The predicted molar refractivity (Wildman–Crippen MR) is 109 cm³/mol. The molecular formula is C22H28N2O3. The number of hydrogen-bond donors (Lipinski definition) is 1. The lowest BCUT2D eigenvalue weighted by Crippen LogP contribution is -2.39. The van der Waals surface area contributed by atoms with Gasteiger partial charge in [0.05, 0.1) is 25.5 Å². The van der Waals surface area contributed by atoms with Crippen molar-refractivity contribution in [3.63, 3.8) is 0 Å². The van der Waals surface area contributed by atoms with E-state index >= 15 is 0 Å². The Labute approximate surface area is 161 Å². The highest BCUT2D eigenvalue weighted by Gasteiger charge is 2.22. The largest absolute Gasteiger partial charge is 0.495 e. The van der Waals surface area contributed by atoms with Gasteiger partial charge in [0.25, 0.3) is 0 Å². The van der Waals surface area contributed by atoms with Crippen molar-refractivity contribution >= 4 is 17.3 Å². The number of nitrogens with zero attached hydrogens (tertiary/aromatic N) is 1. The first-order valence-corrected chi connectivity index (χ1v) is 9.37. The summed E-state index contributed by atoms with van der Waals surface area (Å²) in [6.07, 6.45) is 2.05. The van der Waals surface area contributed by atoms with Crippen LogP contribution in [-0.2, 0) is 4.74 Å². The van der Waals surface area contributed by atoms with E-state index in [9.17, 15) is 4.79 Å². The highest BCUT2D eigenvalue weighted by Crippen LogP contribution is 2.31. The van der Waals surface area contributed by atoms with Gasteiger partial charge in [-0.15, -0.1) is 0 Å². The van der Waals surface area contributed by atoms with E-state index in [0.717, 1.165) is 54.2 Å². The second kappa shape index (κ2) is 8.33. The minimum absolute atomic E-state index is 0.290. The number of benzene rings is 2. The van der Waals surface area contributed by atoms with E-state index in [1.54, 1.807) is 7.11 Å². The maximum atomic E-state index is 12.0. The van der Waals surface area contributed by atoms with E-state index in [-0.39, 0.29) is 5.97 Å². The number of esters is 1. The van der Waals surface area contributed by atoms with Crippen LogP contribution in [0.25, 0.3) is 0 Å². The lowest BCUT2D eigenvalue weighted by Gasteiger charge is -2.35. The monoisotopic (exact) mass is 368 g/mol. The van der Waals surface area contributed by atoms with Crippen LogP contribution in [-0.4, -0.2) is 39.3 Å². The molecule has 1 N–H and O–H groups in total. The summed E-state index contributed by atoms with van der Waals surface area (Å²) >= 11 is 0. The van der Waals surface area contributed by atoms with Gasteiger partial charge < -0.3 is 19.7 Å². The number of anilines is 2. The van der Waals surface area contributed by atoms with Gasteiger partial charge >= 0.3 is 5.97 Å². The Kier molecular flexibility index (Phi) is 5.89. The number of ether oxygens (including phenoxy) is 2. The molecule has 1 fully saturated rings. The molecule has 0 saturated carbocycles. The molecule has 0 unspecified atom stereocenters. The van der Waals surface area contributed by atoms with Gasteiger partial charge in [0, 0.05) is 24.8 Å². The zero-order valence-corrected chi connectivity index (χ0v) is 16.5. The number of nitrogens with one attached hydrogen (secondary N) is 1. The molecule has 0 atom stereocenters. The third kappa shape index (κ3) is 4.18. The van der Waals surface area contributed by atoms with Gasteiger partial charge in [-0.25, -0.2) is 4.79 Å². The number of para-hydroxylation sites is 2. The van der Waals surface area contributed by atoms with Crippen LogP contribution in [0, 0.1) is 13.8 Å². The third-order valence-corrected chi connectivity index (χ3v) is 5.26. The summed E-state index contributed by atoms with van der Waals surface area (Å²) in [6.45, 7) is 5.94. The van der Waals surface area contributed by atoms with Crippen molar-refractivity contribution in [2.24, 2.45) is 0 Å². The van der Waals surface area contributed by atoms with E-state index in [1.807, 2.05) is 37.3 Å². The summed E-state index contributed by atoms with van der Waals surface area (Å²) in [5.74, 6) is 0.627. The minimum Gasteiger partial charge on any atom is -0.495 e. The zero-order valence-electron chi connectivity index (χ0n) is 16.5. The van der Waals surface area contributed by atoms with E-state index in [4.69, 9.17) is 9.47 Å². The van der Waals surface area contributed by atoms with E-state index in [2.05, 4.69) is 23.2 Å². The number of carbonyl (C=O) groups excluding carboxylic acids is 1. The summed E-state index contributed by atoms with van der Waals surface area (Å²) < 4.78 is 10.4. The number of aryl methyl sites for hydroxylation is 2. The molecule has 1 aliphatic rings. The molecule has 2 aromatic rings. The summed E-state index contributed by atoms with van der Waals surface area (Å²) in [7, 11) is 3.13. The standard InChI is InChI=1S/C22H28N2O3/c1-15-13-16(2)19(14-18(15)22(25)27-4)23-17-9-11-24(12-10-17)20-7-5-6-8-21(20)26-3/h5-8,13-14,17,23H,9-12H2,1-4H3. The first-order valence-electron chi connectivity index (χ1n) is 9.37. The van der Waals surface area contributed by atoms with Crippen LogP contribution >= 0.6 is 0 Å². The maximum Gasteiger partial charge on any atom is 0.338 e. The molecule has 0 aliphatic carbocycles. The van der Waals surface area contributed by atoms with Crippen LogP contribution in [0.2, 0.25) is 0 Å². The molecule has 5 heteroatoms. The predicted octanol–water partition coefficient (Wildman–Crippen LogP) is 4.18. The minimum atomic E-state index is -0.290. The Morgan fingerprint density at radius 1 is 1.07 bits per heavy atom. The molecule has 0 radical (unpaired) electrons. The maximum absolute atomic E-state index is 12.0. The molecule has 0 spiro atoms. The van der Waals surface area contributed by atoms with Crippen molar-refractivity contribution in [2.75, 3.05) is 37.5 Å². The second-order valence-corrected chi connectivity index (χ2v) is 7.05. The molecule has 3 rings (SSSR count). The van der Waals surface area contributed by atoms with Crippen molar-refractivity contribution in [3.05, 3.63) is 53.1 Å². The van der Waals surface area contributed by atoms with E-state index in [0.29, 0.717) is 11.6 Å². The molecule has 144 valence electrons. The van der Waals surface area contributed by atoms with Gasteiger partial charge in [-0.05, 0) is 56.0 Å². The lowest BCUT2D eigenvalue weighted by atomic mass is 10.0. The van der Waals surface area contributed by atoms with Crippen molar-refractivity contribution in [1.29, 1.82) is 0 Å². The fraction of sp³-hybridized carbons (Fsp3) is 0.409. The fourth-order valence-corrected chi connectivity index (χ4v) is 3.71. The number of piperidine rings is 1. The number of carbonyl (C=O) groups is 1. The average Bonchev–Trinajstić information content (AvgIpc) is 2.70. The molecular weight excluding hydrogens is 340 g/mol. The number of rotatable bonds is 5. The van der Waals surface area contributed by atoms with Gasteiger partial charge in [-0.3, -0.25) is 0 Å². The highest BCUT2D eigenvalue weighted by molar-refractivity contribution is 5.92.